The molecule has 2 aromatic heterocycles. The highest BCUT2D eigenvalue weighted by Crippen LogP contribution is 2.29. The molecule has 0 radical (unpaired) electrons. The van der Waals surface area contributed by atoms with Gasteiger partial charge in [0.25, 0.3) is 5.91 Å². The van der Waals surface area contributed by atoms with E-state index in [1.165, 1.54) is 4.88 Å². The van der Waals surface area contributed by atoms with Crippen molar-refractivity contribution in [2.45, 2.75) is 18.6 Å². The van der Waals surface area contributed by atoms with Crippen LogP contribution in [0.2, 0.25) is 0 Å². The second-order valence-corrected chi connectivity index (χ2v) is 9.66. The normalized spacial score (nSPS) is 25.7. The zero-order valence-corrected chi connectivity index (χ0v) is 15.2. The summed E-state index contributed by atoms with van der Waals surface area (Å²) in [6.07, 6.45) is 1.59. The lowest BCUT2D eigenvalue weighted by Crippen LogP contribution is -2.60. The zero-order chi connectivity index (χ0) is 17.4. The molecule has 2 fully saturated rings. The minimum atomic E-state index is -3.14. The molecule has 4 rings (SSSR count). The average molecular weight is 377 g/mol. The number of thiophene rings is 1. The molecule has 0 unspecified atom stereocenters. The summed E-state index contributed by atoms with van der Waals surface area (Å²) in [6.45, 7) is 1.94. The lowest BCUT2D eigenvalue weighted by Gasteiger charge is -2.43. The van der Waals surface area contributed by atoms with Gasteiger partial charge in [-0.1, -0.05) is 12.1 Å². The first-order valence-electron chi connectivity index (χ1n) is 8.22. The monoisotopic (exact) mass is 377 g/mol. The predicted molar refractivity (Wildman–Crippen MR) is 96.2 cm³/mol. The molecule has 0 N–H and O–H groups in total. The Morgan fingerprint density at radius 2 is 2.00 bits per heavy atom. The molecule has 25 heavy (non-hydrogen) atoms. The maximum absolute atomic E-state index is 12.8. The van der Waals surface area contributed by atoms with E-state index in [9.17, 15) is 13.2 Å². The van der Waals surface area contributed by atoms with Crippen molar-refractivity contribution in [2.75, 3.05) is 24.6 Å². The average Bonchev–Trinajstić information content (AvgIpc) is 3.22. The van der Waals surface area contributed by atoms with E-state index < -0.39 is 9.84 Å². The van der Waals surface area contributed by atoms with E-state index in [2.05, 4.69) is 16.0 Å². The van der Waals surface area contributed by atoms with E-state index in [1.54, 1.807) is 40.6 Å². The van der Waals surface area contributed by atoms with Gasteiger partial charge in [0, 0.05) is 36.8 Å². The molecule has 8 heteroatoms. The highest BCUT2D eigenvalue weighted by atomic mass is 32.2. The smallest absolute Gasteiger partial charge is 0.272 e. The van der Waals surface area contributed by atoms with Crippen LogP contribution in [0, 0.1) is 0 Å². The molecule has 132 valence electrons. The third-order valence-corrected chi connectivity index (χ3v) is 7.43. The van der Waals surface area contributed by atoms with Crippen molar-refractivity contribution in [1.29, 1.82) is 0 Å². The lowest BCUT2D eigenvalue weighted by atomic mass is 10.0. The predicted octanol–water partition coefficient (Wildman–Crippen LogP) is 1.27. The summed E-state index contributed by atoms with van der Waals surface area (Å²) in [7, 11) is -3.14. The van der Waals surface area contributed by atoms with Crippen LogP contribution in [-0.2, 0) is 16.4 Å². The number of carbonyl (C=O) groups is 1. The van der Waals surface area contributed by atoms with Gasteiger partial charge >= 0.3 is 0 Å². The zero-order valence-electron chi connectivity index (χ0n) is 13.6. The fourth-order valence-electron chi connectivity index (χ4n) is 3.71. The van der Waals surface area contributed by atoms with Gasteiger partial charge in [0.05, 0.1) is 17.5 Å². The molecule has 2 atom stereocenters. The Balaban J connectivity index is 1.59. The Bertz CT molecular complexity index is 853. The van der Waals surface area contributed by atoms with E-state index in [0.29, 0.717) is 18.8 Å². The number of hydrogen-bond donors (Lipinski definition) is 0. The number of pyridine rings is 1. The summed E-state index contributed by atoms with van der Waals surface area (Å²) < 4.78 is 24.5. The number of fused-ring (bicyclic) bond motifs is 1. The highest BCUT2D eigenvalue weighted by molar-refractivity contribution is 7.91. The molecular formula is C17H19N3O3S2. The van der Waals surface area contributed by atoms with E-state index in [1.807, 2.05) is 11.4 Å². The highest BCUT2D eigenvalue weighted by Gasteiger charge is 2.48. The van der Waals surface area contributed by atoms with Gasteiger partial charge in [-0.3, -0.25) is 14.7 Å². The largest absolute Gasteiger partial charge is 0.330 e. The maximum Gasteiger partial charge on any atom is 0.272 e. The van der Waals surface area contributed by atoms with Crippen LogP contribution >= 0.6 is 11.3 Å². The second kappa shape index (κ2) is 6.51. The Morgan fingerprint density at radius 3 is 2.72 bits per heavy atom. The molecule has 4 heterocycles. The first-order chi connectivity index (χ1) is 12.0. The summed E-state index contributed by atoms with van der Waals surface area (Å²) in [5.74, 6) is -0.0184. The van der Waals surface area contributed by atoms with Gasteiger partial charge in [0.2, 0.25) is 0 Å². The van der Waals surface area contributed by atoms with Gasteiger partial charge in [-0.2, -0.15) is 0 Å². The molecule has 2 aliphatic heterocycles. The topological polar surface area (TPSA) is 70.6 Å². The second-order valence-electron chi connectivity index (χ2n) is 6.47. The van der Waals surface area contributed by atoms with Gasteiger partial charge in [-0.05, 0) is 23.6 Å². The summed E-state index contributed by atoms with van der Waals surface area (Å²) in [5.41, 5.74) is 0.372. The van der Waals surface area contributed by atoms with Gasteiger partial charge < -0.3 is 4.90 Å². The Kier molecular flexibility index (Phi) is 4.35. The third kappa shape index (κ3) is 3.33. The summed E-state index contributed by atoms with van der Waals surface area (Å²) in [4.78, 5) is 22.1. The molecule has 0 aromatic carbocycles. The molecule has 0 spiro atoms. The summed E-state index contributed by atoms with van der Waals surface area (Å²) in [6, 6.07) is 8.84. The molecule has 2 saturated heterocycles. The Morgan fingerprint density at radius 1 is 1.16 bits per heavy atom. The number of amides is 1. The van der Waals surface area contributed by atoms with E-state index in [4.69, 9.17) is 0 Å². The molecule has 2 aliphatic rings. The van der Waals surface area contributed by atoms with Crippen LogP contribution in [0.3, 0.4) is 0 Å². The standard InChI is InChI=1S/C17H19N3O3S2/c21-17(14-5-1-2-6-18-14)20-8-7-19(10-13-4-3-9-24-13)15-11-25(22,23)12-16(15)20/h1-6,9,15-16H,7-8,10-12H2/t15-,16+/m1/s1. The van der Waals surface area contributed by atoms with Crippen LogP contribution in [0.1, 0.15) is 15.4 Å². The molecule has 1 amide bonds. The molecule has 0 bridgehead atoms. The first kappa shape index (κ1) is 16.7. The lowest BCUT2D eigenvalue weighted by molar-refractivity contribution is 0.0305. The number of aromatic nitrogens is 1. The fourth-order valence-corrected chi connectivity index (χ4v) is 6.45. The number of carbonyl (C=O) groups excluding carboxylic acids is 1. The number of sulfone groups is 1. The quantitative estimate of drug-likeness (QED) is 0.806. The van der Waals surface area contributed by atoms with Crippen molar-refractivity contribution < 1.29 is 13.2 Å². The maximum atomic E-state index is 12.8. The first-order valence-corrected chi connectivity index (χ1v) is 10.9. The third-order valence-electron chi connectivity index (χ3n) is 4.87. The molecule has 6 nitrogen and oxygen atoms in total. The summed E-state index contributed by atoms with van der Waals surface area (Å²) >= 11 is 1.67. The number of nitrogens with zero attached hydrogens (tertiary/aromatic N) is 3. The molecule has 0 aliphatic carbocycles. The van der Waals surface area contributed by atoms with Crippen LogP contribution in [0.4, 0.5) is 0 Å². The van der Waals surface area contributed by atoms with Crippen LogP contribution in [0.25, 0.3) is 0 Å². The Hall–Kier alpha value is -1.77. The van der Waals surface area contributed by atoms with E-state index in [0.717, 1.165) is 6.54 Å². The van der Waals surface area contributed by atoms with Crippen molar-refractivity contribution in [3.8, 4) is 0 Å². The SMILES string of the molecule is O=C(c1ccccn1)N1CCN(Cc2cccs2)[C@@H]2CS(=O)(=O)C[C@@H]21. The van der Waals surface area contributed by atoms with Crippen molar-refractivity contribution >= 4 is 27.1 Å². The van der Waals surface area contributed by atoms with Crippen LogP contribution in [0.15, 0.2) is 41.9 Å². The number of hydrogen-bond acceptors (Lipinski definition) is 6. The van der Waals surface area contributed by atoms with Gasteiger partial charge in [-0.15, -0.1) is 11.3 Å². The van der Waals surface area contributed by atoms with Gasteiger partial charge in [0.15, 0.2) is 9.84 Å². The van der Waals surface area contributed by atoms with Crippen LogP contribution in [0.5, 0.6) is 0 Å². The van der Waals surface area contributed by atoms with Crippen molar-refractivity contribution in [2.24, 2.45) is 0 Å². The number of piperazine rings is 1. The van der Waals surface area contributed by atoms with Crippen molar-refractivity contribution in [3.63, 3.8) is 0 Å². The minimum absolute atomic E-state index is 0.0389. The fraction of sp³-hybridized carbons (Fsp3) is 0.412. The van der Waals surface area contributed by atoms with Crippen molar-refractivity contribution in [1.82, 2.24) is 14.8 Å². The summed E-state index contributed by atoms with van der Waals surface area (Å²) in [5, 5.41) is 2.03. The minimum Gasteiger partial charge on any atom is -0.330 e. The Labute approximate surface area is 151 Å². The molecule has 2 aromatic rings. The molecular weight excluding hydrogens is 358 g/mol. The van der Waals surface area contributed by atoms with Crippen LogP contribution < -0.4 is 0 Å². The van der Waals surface area contributed by atoms with E-state index >= 15 is 0 Å². The number of rotatable bonds is 3. The van der Waals surface area contributed by atoms with Crippen LogP contribution in [-0.4, -0.2) is 65.8 Å². The van der Waals surface area contributed by atoms with Crippen molar-refractivity contribution in [3.05, 3.63) is 52.5 Å². The molecule has 0 saturated carbocycles. The van der Waals surface area contributed by atoms with Gasteiger partial charge in [0.1, 0.15) is 5.69 Å². The van der Waals surface area contributed by atoms with E-state index in [-0.39, 0.29) is 29.5 Å². The van der Waals surface area contributed by atoms with Gasteiger partial charge in [-0.25, -0.2) is 8.42 Å².